The van der Waals surface area contributed by atoms with Crippen LogP contribution in [-0.4, -0.2) is 41.5 Å². The second-order valence-electron chi connectivity index (χ2n) is 4.96. The predicted octanol–water partition coefficient (Wildman–Crippen LogP) is 3.36. The monoisotopic (exact) mass is 250 g/mol. The lowest BCUT2D eigenvalue weighted by Gasteiger charge is -2.32. The van der Waals surface area contributed by atoms with Gasteiger partial charge in [-0.2, -0.15) is 0 Å². The largest absolute Gasteiger partial charge is 0.375 e. The zero-order valence-electron chi connectivity index (χ0n) is 13.3. The summed E-state index contributed by atoms with van der Waals surface area (Å²) in [5, 5.41) is 0. The van der Waals surface area contributed by atoms with Gasteiger partial charge in [0.05, 0.1) is 5.54 Å². The fraction of sp³-hybridized carbons (Fsp3) is 0.750. The number of nitrogens with zero attached hydrogens (tertiary/aromatic N) is 2. The Morgan fingerprint density at radius 3 is 1.89 bits per heavy atom. The maximum Gasteiger partial charge on any atom is 0.0772 e. The lowest BCUT2D eigenvalue weighted by Crippen LogP contribution is -2.42. The average Bonchev–Trinajstić information content (AvgIpc) is 2.31. The number of rotatable bonds is 6. The van der Waals surface area contributed by atoms with Crippen molar-refractivity contribution in [3.63, 3.8) is 0 Å². The molecule has 0 fully saturated rings. The Labute approximate surface area is 114 Å². The highest BCUT2D eigenvalue weighted by Gasteiger charge is 2.20. The molecule has 0 rings (SSSR count). The molecular formula is C16H30N2. The van der Waals surface area contributed by atoms with Crippen molar-refractivity contribution in [3.8, 4) is 11.8 Å². The molecule has 0 aromatic carbocycles. The van der Waals surface area contributed by atoms with Gasteiger partial charge in [-0.05, 0) is 47.7 Å². The highest BCUT2D eigenvalue weighted by molar-refractivity contribution is 5.25. The maximum absolute atomic E-state index is 3.37. The molecule has 0 atom stereocenters. The highest BCUT2D eigenvalue weighted by atomic mass is 15.2. The number of hydrogen-bond acceptors (Lipinski definition) is 2. The van der Waals surface area contributed by atoms with Gasteiger partial charge in [0.1, 0.15) is 0 Å². The molecule has 0 aliphatic carbocycles. The first-order valence-electron chi connectivity index (χ1n) is 7.12. The number of allylic oxidation sites excluding steroid dienone is 2. The highest BCUT2D eigenvalue weighted by Crippen LogP contribution is 2.12. The fourth-order valence-corrected chi connectivity index (χ4v) is 2.22. The molecule has 0 unspecified atom stereocenters. The first kappa shape index (κ1) is 17.1. The fourth-order valence-electron chi connectivity index (χ4n) is 2.22. The van der Waals surface area contributed by atoms with E-state index in [1.165, 1.54) is 5.70 Å². The van der Waals surface area contributed by atoms with Crippen molar-refractivity contribution in [1.29, 1.82) is 0 Å². The molecule has 0 saturated heterocycles. The Balaban J connectivity index is 4.80. The van der Waals surface area contributed by atoms with Crippen LogP contribution in [0.25, 0.3) is 0 Å². The van der Waals surface area contributed by atoms with Gasteiger partial charge in [0, 0.05) is 24.9 Å². The topological polar surface area (TPSA) is 6.48 Å². The van der Waals surface area contributed by atoms with E-state index < -0.39 is 0 Å². The average molecular weight is 250 g/mol. The van der Waals surface area contributed by atoms with Crippen molar-refractivity contribution in [1.82, 2.24) is 9.80 Å². The van der Waals surface area contributed by atoms with Gasteiger partial charge < -0.3 is 4.90 Å². The normalized spacial score (nSPS) is 12.3. The minimum absolute atomic E-state index is 0.0520. The van der Waals surface area contributed by atoms with Crippen LogP contribution in [0, 0.1) is 11.8 Å². The zero-order chi connectivity index (χ0) is 14.2. The van der Waals surface area contributed by atoms with E-state index in [9.17, 15) is 0 Å². The Kier molecular flexibility index (Phi) is 7.78. The van der Waals surface area contributed by atoms with Crippen LogP contribution in [0.4, 0.5) is 0 Å². The molecular weight excluding hydrogens is 220 g/mol. The van der Waals surface area contributed by atoms with Crippen molar-refractivity contribution in [2.45, 2.75) is 54.0 Å². The smallest absolute Gasteiger partial charge is 0.0772 e. The SMILES string of the molecule is CCN(CC)C(C)=CC#CC(C)(C)N(CC)CC. The van der Waals surface area contributed by atoms with Crippen LogP contribution in [0.1, 0.15) is 48.5 Å². The summed E-state index contributed by atoms with van der Waals surface area (Å²) in [7, 11) is 0. The van der Waals surface area contributed by atoms with E-state index in [-0.39, 0.29) is 5.54 Å². The van der Waals surface area contributed by atoms with Gasteiger partial charge in [-0.15, -0.1) is 0 Å². The third kappa shape index (κ3) is 5.14. The molecule has 18 heavy (non-hydrogen) atoms. The molecule has 0 aliphatic rings. The molecule has 2 nitrogen and oxygen atoms in total. The van der Waals surface area contributed by atoms with E-state index >= 15 is 0 Å². The second-order valence-corrected chi connectivity index (χ2v) is 4.96. The predicted molar refractivity (Wildman–Crippen MR) is 81.5 cm³/mol. The van der Waals surface area contributed by atoms with Crippen LogP contribution in [0.2, 0.25) is 0 Å². The maximum atomic E-state index is 3.37. The van der Waals surface area contributed by atoms with Gasteiger partial charge >= 0.3 is 0 Å². The van der Waals surface area contributed by atoms with Gasteiger partial charge in [0.2, 0.25) is 0 Å². The molecule has 0 saturated carbocycles. The standard InChI is InChI=1S/C16H30N2/c1-8-17(9-2)15(5)13-12-14-16(6,7)18(10-3)11-4/h13H,8-11H2,1-7H3. The van der Waals surface area contributed by atoms with E-state index in [0.717, 1.165) is 26.2 Å². The summed E-state index contributed by atoms with van der Waals surface area (Å²) in [6, 6.07) is 0. The third-order valence-corrected chi connectivity index (χ3v) is 3.48. The van der Waals surface area contributed by atoms with Crippen molar-refractivity contribution in [2.24, 2.45) is 0 Å². The lowest BCUT2D eigenvalue weighted by atomic mass is 10.0. The third-order valence-electron chi connectivity index (χ3n) is 3.48. The van der Waals surface area contributed by atoms with E-state index in [1.54, 1.807) is 0 Å². The molecule has 0 amide bonds. The van der Waals surface area contributed by atoms with E-state index in [1.807, 2.05) is 6.08 Å². The first-order chi connectivity index (χ1) is 8.42. The summed E-state index contributed by atoms with van der Waals surface area (Å²) in [5.74, 6) is 6.60. The van der Waals surface area contributed by atoms with Gasteiger partial charge in [-0.25, -0.2) is 0 Å². The van der Waals surface area contributed by atoms with Gasteiger partial charge in [-0.3, -0.25) is 4.90 Å². The molecule has 0 aromatic heterocycles. The van der Waals surface area contributed by atoms with Crippen molar-refractivity contribution in [3.05, 3.63) is 11.8 Å². The molecule has 0 spiro atoms. The molecule has 0 radical (unpaired) electrons. The van der Waals surface area contributed by atoms with Crippen LogP contribution in [0.3, 0.4) is 0 Å². The number of hydrogen-bond donors (Lipinski definition) is 0. The quantitative estimate of drug-likeness (QED) is 0.667. The van der Waals surface area contributed by atoms with Gasteiger partial charge in [-0.1, -0.05) is 25.7 Å². The molecule has 0 aromatic rings. The van der Waals surface area contributed by atoms with Crippen LogP contribution in [-0.2, 0) is 0 Å². The van der Waals surface area contributed by atoms with E-state index in [0.29, 0.717) is 0 Å². The minimum Gasteiger partial charge on any atom is -0.375 e. The van der Waals surface area contributed by atoms with Crippen LogP contribution >= 0.6 is 0 Å². The summed E-state index contributed by atoms with van der Waals surface area (Å²) < 4.78 is 0. The van der Waals surface area contributed by atoms with Crippen molar-refractivity contribution < 1.29 is 0 Å². The zero-order valence-corrected chi connectivity index (χ0v) is 13.3. The summed E-state index contributed by atoms with van der Waals surface area (Å²) in [6.45, 7) is 19.4. The molecule has 2 heteroatoms. The molecule has 0 heterocycles. The van der Waals surface area contributed by atoms with Crippen LogP contribution in [0.15, 0.2) is 11.8 Å². The Hall–Kier alpha value is -0.940. The molecule has 0 N–H and O–H groups in total. The van der Waals surface area contributed by atoms with Crippen LogP contribution in [0.5, 0.6) is 0 Å². The molecule has 0 bridgehead atoms. The summed E-state index contributed by atoms with van der Waals surface area (Å²) in [6.07, 6.45) is 2.04. The summed E-state index contributed by atoms with van der Waals surface area (Å²) in [4.78, 5) is 4.69. The minimum atomic E-state index is -0.0520. The molecule has 0 aliphatic heterocycles. The molecule has 104 valence electrons. The van der Waals surface area contributed by atoms with Crippen molar-refractivity contribution >= 4 is 0 Å². The summed E-state index contributed by atoms with van der Waals surface area (Å²) in [5.41, 5.74) is 1.20. The van der Waals surface area contributed by atoms with Crippen LogP contribution < -0.4 is 0 Å². The lowest BCUT2D eigenvalue weighted by molar-refractivity contribution is 0.189. The Morgan fingerprint density at radius 1 is 1.00 bits per heavy atom. The second kappa shape index (κ2) is 8.21. The Bertz CT molecular complexity index is 310. The first-order valence-corrected chi connectivity index (χ1v) is 7.12. The van der Waals surface area contributed by atoms with E-state index in [4.69, 9.17) is 0 Å². The Morgan fingerprint density at radius 2 is 1.50 bits per heavy atom. The van der Waals surface area contributed by atoms with Gasteiger partial charge in [0.25, 0.3) is 0 Å². The van der Waals surface area contributed by atoms with E-state index in [2.05, 4.69) is 70.1 Å². The van der Waals surface area contributed by atoms with Crippen molar-refractivity contribution in [2.75, 3.05) is 26.2 Å². The summed E-state index contributed by atoms with van der Waals surface area (Å²) >= 11 is 0. The van der Waals surface area contributed by atoms with Gasteiger partial charge in [0.15, 0.2) is 0 Å².